The van der Waals surface area contributed by atoms with Gasteiger partial charge in [-0.3, -0.25) is 4.79 Å². The number of amides is 1. The molecule has 0 saturated carbocycles. The summed E-state index contributed by atoms with van der Waals surface area (Å²) >= 11 is 0. The lowest BCUT2D eigenvalue weighted by Crippen LogP contribution is -2.50. The van der Waals surface area contributed by atoms with Crippen molar-refractivity contribution in [3.8, 4) is 11.6 Å². The average Bonchev–Trinajstić information content (AvgIpc) is 2.75. The third-order valence-electron chi connectivity index (χ3n) is 5.67. The van der Waals surface area contributed by atoms with Gasteiger partial charge in [0.25, 0.3) is 0 Å². The molecular formula is C22H28N4O3. The minimum absolute atomic E-state index is 0.369. The lowest BCUT2D eigenvalue weighted by Gasteiger charge is -2.43. The van der Waals surface area contributed by atoms with Crippen molar-refractivity contribution in [2.24, 2.45) is 5.73 Å². The minimum atomic E-state index is -0.496. The number of hydrogen-bond acceptors (Lipinski definition) is 6. The number of nitrogens with zero attached hydrogens (tertiary/aromatic N) is 3. The van der Waals surface area contributed by atoms with Crippen LogP contribution in [0.25, 0.3) is 0 Å². The molecule has 7 nitrogen and oxygen atoms in total. The zero-order valence-electron chi connectivity index (χ0n) is 16.8. The Kier molecular flexibility index (Phi) is 6.08. The van der Waals surface area contributed by atoms with E-state index in [9.17, 15) is 4.79 Å². The summed E-state index contributed by atoms with van der Waals surface area (Å²) in [4.78, 5) is 15.4. The number of primary amides is 1. The number of rotatable bonds is 6. The smallest absolute Gasteiger partial charge is 0.250 e. The van der Waals surface area contributed by atoms with Crippen molar-refractivity contribution >= 4 is 5.91 Å². The number of benzene rings is 1. The van der Waals surface area contributed by atoms with Crippen LogP contribution in [0.2, 0.25) is 0 Å². The molecule has 1 unspecified atom stereocenters. The minimum Gasteiger partial charge on any atom is -0.439 e. The van der Waals surface area contributed by atoms with Crippen molar-refractivity contribution in [3.05, 3.63) is 53.2 Å². The van der Waals surface area contributed by atoms with Crippen LogP contribution in [0.3, 0.4) is 0 Å². The number of morpholine rings is 1. The Morgan fingerprint density at radius 3 is 2.83 bits per heavy atom. The van der Waals surface area contributed by atoms with Gasteiger partial charge < -0.3 is 15.2 Å². The van der Waals surface area contributed by atoms with Crippen LogP contribution < -0.4 is 10.5 Å². The largest absolute Gasteiger partial charge is 0.439 e. The summed E-state index contributed by atoms with van der Waals surface area (Å²) in [5, 5.41) is 4.95. The summed E-state index contributed by atoms with van der Waals surface area (Å²) in [6, 6.07) is 10.0. The molecule has 29 heavy (non-hydrogen) atoms. The van der Waals surface area contributed by atoms with Crippen LogP contribution in [-0.2, 0) is 11.2 Å². The zero-order valence-corrected chi connectivity index (χ0v) is 16.8. The van der Waals surface area contributed by atoms with Gasteiger partial charge in [0.2, 0.25) is 11.8 Å². The number of pyridine rings is 1. The summed E-state index contributed by atoms with van der Waals surface area (Å²) in [6.45, 7) is 6.71. The van der Waals surface area contributed by atoms with Gasteiger partial charge in [-0.25, -0.2) is 15.0 Å². The first-order valence-electron chi connectivity index (χ1n) is 10.3. The van der Waals surface area contributed by atoms with Crippen LogP contribution in [0.1, 0.15) is 47.3 Å². The molecule has 1 aliphatic carbocycles. The van der Waals surface area contributed by atoms with Crippen LogP contribution >= 0.6 is 0 Å². The van der Waals surface area contributed by atoms with Gasteiger partial charge >= 0.3 is 0 Å². The standard InChI is InChI=1S/C22H28N4O3/c1-2-26(25-10-12-28-13-11-25)20-5-3-4-16-14-18(7-8-19(16)20)29-21-9-6-17(15-24-21)22(23)27/h6-9,14-15,20H,2-5,10-13H2,1H3,(H2,23,27). The molecule has 2 heterocycles. The summed E-state index contributed by atoms with van der Waals surface area (Å²) in [5.74, 6) is 0.716. The summed E-state index contributed by atoms with van der Waals surface area (Å²) in [6.07, 6.45) is 4.81. The number of aromatic nitrogens is 1. The number of aryl methyl sites for hydroxylation is 1. The van der Waals surface area contributed by atoms with Gasteiger partial charge in [0.05, 0.1) is 18.8 Å². The van der Waals surface area contributed by atoms with Gasteiger partial charge in [0.1, 0.15) is 5.75 Å². The van der Waals surface area contributed by atoms with Crippen molar-refractivity contribution in [1.29, 1.82) is 0 Å². The molecule has 4 rings (SSSR count). The molecule has 7 heteroatoms. The van der Waals surface area contributed by atoms with Gasteiger partial charge in [0.15, 0.2) is 0 Å². The van der Waals surface area contributed by atoms with E-state index in [-0.39, 0.29) is 0 Å². The fourth-order valence-electron chi connectivity index (χ4n) is 4.27. The predicted molar refractivity (Wildman–Crippen MR) is 110 cm³/mol. The fourth-order valence-corrected chi connectivity index (χ4v) is 4.27. The van der Waals surface area contributed by atoms with E-state index in [1.807, 2.05) is 6.07 Å². The Balaban J connectivity index is 1.52. The maximum Gasteiger partial charge on any atom is 0.250 e. The molecule has 1 atom stereocenters. The number of carbonyl (C=O) groups is 1. The first-order chi connectivity index (χ1) is 14.2. The number of ether oxygens (including phenoxy) is 2. The molecular weight excluding hydrogens is 368 g/mol. The SMILES string of the molecule is CCN(C1CCCc2cc(Oc3ccc(C(N)=O)cn3)ccc21)N1CCOCC1. The molecule has 1 saturated heterocycles. The van der Waals surface area contributed by atoms with Crippen molar-refractivity contribution in [3.63, 3.8) is 0 Å². The van der Waals surface area contributed by atoms with E-state index in [0.717, 1.165) is 57.9 Å². The third-order valence-corrected chi connectivity index (χ3v) is 5.67. The summed E-state index contributed by atoms with van der Waals surface area (Å²) < 4.78 is 11.4. The molecule has 2 aromatic rings. The predicted octanol–water partition coefficient (Wildman–Crippen LogP) is 2.92. The highest BCUT2D eigenvalue weighted by Gasteiger charge is 2.30. The highest BCUT2D eigenvalue weighted by Crippen LogP contribution is 2.37. The molecule has 2 aliphatic rings. The molecule has 0 radical (unpaired) electrons. The normalized spacial score (nSPS) is 19.7. The highest BCUT2D eigenvalue weighted by atomic mass is 16.5. The second-order valence-corrected chi connectivity index (χ2v) is 7.44. The average molecular weight is 396 g/mol. The quantitative estimate of drug-likeness (QED) is 0.809. The van der Waals surface area contributed by atoms with Crippen LogP contribution in [0, 0.1) is 0 Å². The number of nitrogens with two attached hydrogens (primary N) is 1. The van der Waals surface area contributed by atoms with E-state index in [1.54, 1.807) is 12.1 Å². The Labute approximate surface area is 171 Å². The van der Waals surface area contributed by atoms with Gasteiger partial charge in [-0.1, -0.05) is 13.0 Å². The number of carbonyl (C=O) groups excluding carboxylic acids is 1. The maximum atomic E-state index is 11.2. The van der Waals surface area contributed by atoms with E-state index in [2.05, 4.69) is 34.1 Å². The van der Waals surface area contributed by atoms with E-state index < -0.39 is 5.91 Å². The first kappa shape index (κ1) is 19.8. The van der Waals surface area contributed by atoms with Crippen LogP contribution in [-0.4, -0.2) is 53.8 Å². The second-order valence-electron chi connectivity index (χ2n) is 7.44. The monoisotopic (exact) mass is 396 g/mol. The number of fused-ring (bicyclic) bond motifs is 1. The van der Waals surface area contributed by atoms with Crippen LogP contribution in [0.5, 0.6) is 11.6 Å². The topological polar surface area (TPSA) is 80.9 Å². The molecule has 1 aromatic carbocycles. The fraction of sp³-hybridized carbons (Fsp3) is 0.455. The second kappa shape index (κ2) is 8.90. The van der Waals surface area contributed by atoms with Crippen molar-refractivity contribution in [2.45, 2.75) is 32.2 Å². The molecule has 0 bridgehead atoms. The Hall–Kier alpha value is -2.48. The Morgan fingerprint density at radius 1 is 1.31 bits per heavy atom. The molecule has 0 spiro atoms. The molecule has 1 fully saturated rings. The molecule has 1 aromatic heterocycles. The van der Waals surface area contributed by atoms with Crippen molar-refractivity contribution in [1.82, 2.24) is 15.0 Å². The van der Waals surface area contributed by atoms with Crippen LogP contribution in [0.4, 0.5) is 0 Å². The molecule has 1 aliphatic heterocycles. The number of hydrogen-bond donors (Lipinski definition) is 1. The van der Waals surface area contributed by atoms with Gasteiger partial charge in [-0.2, -0.15) is 0 Å². The summed E-state index contributed by atoms with van der Waals surface area (Å²) in [7, 11) is 0. The number of hydrazine groups is 1. The third kappa shape index (κ3) is 4.42. The molecule has 2 N–H and O–H groups in total. The van der Waals surface area contributed by atoms with E-state index in [4.69, 9.17) is 15.2 Å². The van der Waals surface area contributed by atoms with Crippen molar-refractivity contribution < 1.29 is 14.3 Å². The first-order valence-corrected chi connectivity index (χ1v) is 10.3. The van der Waals surface area contributed by atoms with Crippen molar-refractivity contribution in [2.75, 3.05) is 32.8 Å². The van der Waals surface area contributed by atoms with E-state index in [1.165, 1.54) is 17.3 Å². The van der Waals surface area contributed by atoms with Gasteiger partial charge in [-0.15, -0.1) is 0 Å². The lowest BCUT2D eigenvalue weighted by molar-refractivity contribution is -0.114. The van der Waals surface area contributed by atoms with Gasteiger partial charge in [0, 0.05) is 37.9 Å². The molecule has 1 amide bonds. The Bertz CT molecular complexity index is 850. The van der Waals surface area contributed by atoms with E-state index >= 15 is 0 Å². The van der Waals surface area contributed by atoms with E-state index in [0.29, 0.717) is 17.5 Å². The van der Waals surface area contributed by atoms with Crippen LogP contribution in [0.15, 0.2) is 36.5 Å². The molecule has 154 valence electrons. The maximum absolute atomic E-state index is 11.2. The lowest BCUT2D eigenvalue weighted by atomic mass is 9.87. The highest BCUT2D eigenvalue weighted by molar-refractivity contribution is 5.92. The van der Waals surface area contributed by atoms with Gasteiger partial charge in [-0.05, 0) is 48.6 Å². The zero-order chi connectivity index (χ0) is 20.2. The Morgan fingerprint density at radius 2 is 2.14 bits per heavy atom. The summed E-state index contributed by atoms with van der Waals surface area (Å²) in [5.41, 5.74) is 8.35.